The van der Waals surface area contributed by atoms with Crippen LogP contribution in [0.25, 0.3) is 0 Å². The van der Waals surface area contributed by atoms with Crippen LogP contribution in [0, 0.1) is 0 Å². The van der Waals surface area contributed by atoms with Crippen LogP contribution in [0.5, 0.6) is 0 Å². The number of nitrogens with zero attached hydrogens (tertiary/aromatic N) is 1. The fourth-order valence-corrected chi connectivity index (χ4v) is 3.56. The second-order valence-electron chi connectivity index (χ2n) is 6.64. The van der Waals surface area contributed by atoms with Crippen LogP contribution in [0.3, 0.4) is 0 Å². The summed E-state index contributed by atoms with van der Waals surface area (Å²) >= 11 is 0. The van der Waals surface area contributed by atoms with Crippen molar-refractivity contribution in [3.63, 3.8) is 0 Å². The molecule has 1 saturated heterocycles. The Bertz CT molecular complexity index is 259. The molecule has 1 spiro atoms. The maximum absolute atomic E-state index is 5.49. The van der Waals surface area contributed by atoms with E-state index in [9.17, 15) is 0 Å². The zero-order valence-corrected chi connectivity index (χ0v) is 12.4. The summed E-state index contributed by atoms with van der Waals surface area (Å²) < 4.78 is 5.49. The number of hydrogen-bond acceptors (Lipinski definition) is 3. The molecule has 0 atom stereocenters. The topological polar surface area (TPSA) is 24.5 Å². The normalized spacial score (nSPS) is 26.8. The summed E-state index contributed by atoms with van der Waals surface area (Å²) in [6.07, 6.45) is 6.75. The highest BCUT2D eigenvalue weighted by Gasteiger charge is 2.45. The van der Waals surface area contributed by atoms with Crippen LogP contribution in [0.15, 0.2) is 0 Å². The van der Waals surface area contributed by atoms with Crippen molar-refractivity contribution >= 4 is 0 Å². The molecule has 1 aliphatic carbocycles. The van der Waals surface area contributed by atoms with Gasteiger partial charge in [0.15, 0.2) is 0 Å². The predicted octanol–water partition coefficient (Wildman–Crippen LogP) is 2.41. The second-order valence-corrected chi connectivity index (χ2v) is 6.64. The third-order valence-electron chi connectivity index (χ3n) is 4.61. The minimum absolute atomic E-state index is 0.263. The molecule has 1 heterocycles. The van der Waals surface area contributed by atoms with Crippen LogP contribution >= 0.6 is 0 Å². The van der Waals surface area contributed by atoms with Gasteiger partial charge in [-0.1, -0.05) is 12.8 Å². The first-order chi connectivity index (χ1) is 8.58. The standard InChI is InChI=1S/C15H30N2O/c1-4-18-11-7-10-17-13-14(2,3)16-12-15(17)8-5-6-9-15/h16H,4-13H2,1-3H3. The molecule has 0 aromatic heterocycles. The first-order valence-electron chi connectivity index (χ1n) is 7.66. The maximum Gasteiger partial charge on any atom is 0.0478 e. The number of nitrogens with one attached hydrogen (secondary N) is 1. The van der Waals surface area contributed by atoms with Crippen molar-refractivity contribution in [2.45, 2.75) is 64.0 Å². The molecule has 3 heteroatoms. The van der Waals surface area contributed by atoms with E-state index in [0.29, 0.717) is 5.54 Å². The Labute approximate surface area is 112 Å². The minimum atomic E-state index is 0.263. The van der Waals surface area contributed by atoms with Crippen molar-refractivity contribution in [1.29, 1.82) is 0 Å². The van der Waals surface area contributed by atoms with Gasteiger partial charge >= 0.3 is 0 Å². The van der Waals surface area contributed by atoms with E-state index in [1.807, 2.05) is 0 Å². The van der Waals surface area contributed by atoms with E-state index in [-0.39, 0.29) is 5.54 Å². The van der Waals surface area contributed by atoms with Crippen molar-refractivity contribution in [3.8, 4) is 0 Å². The molecule has 0 bridgehead atoms. The van der Waals surface area contributed by atoms with E-state index in [1.54, 1.807) is 0 Å². The lowest BCUT2D eigenvalue weighted by Crippen LogP contribution is -2.67. The fourth-order valence-electron chi connectivity index (χ4n) is 3.56. The van der Waals surface area contributed by atoms with Crippen LogP contribution in [-0.4, -0.2) is 48.8 Å². The van der Waals surface area contributed by atoms with Gasteiger partial charge in [-0.05, 0) is 40.0 Å². The predicted molar refractivity (Wildman–Crippen MR) is 76.0 cm³/mol. The maximum atomic E-state index is 5.49. The van der Waals surface area contributed by atoms with Gasteiger partial charge in [-0.3, -0.25) is 4.90 Å². The Morgan fingerprint density at radius 1 is 1.22 bits per heavy atom. The van der Waals surface area contributed by atoms with E-state index in [4.69, 9.17) is 4.74 Å². The van der Waals surface area contributed by atoms with E-state index in [1.165, 1.54) is 51.7 Å². The van der Waals surface area contributed by atoms with Gasteiger partial charge in [-0.25, -0.2) is 0 Å². The van der Waals surface area contributed by atoms with E-state index >= 15 is 0 Å². The molecule has 0 aromatic rings. The molecular weight excluding hydrogens is 224 g/mol. The van der Waals surface area contributed by atoms with Crippen LogP contribution in [0.2, 0.25) is 0 Å². The first-order valence-corrected chi connectivity index (χ1v) is 7.66. The largest absolute Gasteiger partial charge is 0.382 e. The van der Waals surface area contributed by atoms with Gasteiger partial charge in [0.25, 0.3) is 0 Å². The summed E-state index contributed by atoms with van der Waals surface area (Å²) in [6, 6.07) is 0. The highest BCUT2D eigenvalue weighted by Crippen LogP contribution is 2.38. The highest BCUT2D eigenvalue weighted by molar-refractivity contribution is 5.04. The molecule has 0 aromatic carbocycles. The van der Waals surface area contributed by atoms with Crippen molar-refractivity contribution < 1.29 is 4.74 Å². The minimum Gasteiger partial charge on any atom is -0.382 e. The molecule has 0 amide bonds. The van der Waals surface area contributed by atoms with E-state index in [0.717, 1.165) is 13.2 Å². The van der Waals surface area contributed by atoms with Gasteiger partial charge in [0.1, 0.15) is 0 Å². The van der Waals surface area contributed by atoms with Gasteiger partial charge in [0.2, 0.25) is 0 Å². The monoisotopic (exact) mass is 254 g/mol. The summed E-state index contributed by atoms with van der Waals surface area (Å²) in [6.45, 7) is 12.0. The van der Waals surface area contributed by atoms with Crippen molar-refractivity contribution in [1.82, 2.24) is 10.2 Å². The fraction of sp³-hybridized carbons (Fsp3) is 1.00. The van der Waals surface area contributed by atoms with Crippen molar-refractivity contribution in [3.05, 3.63) is 0 Å². The van der Waals surface area contributed by atoms with Crippen LogP contribution in [0.4, 0.5) is 0 Å². The van der Waals surface area contributed by atoms with Crippen LogP contribution in [0.1, 0.15) is 52.9 Å². The van der Waals surface area contributed by atoms with Gasteiger partial charge < -0.3 is 10.1 Å². The Morgan fingerprint density at radius 2 is 1.94 bits per heavy atom. The molecule has 0 unspecified atom stereocenters. The third kappa shape index (κ3) is 3.25. The molecule has 2 fully saturated rings. The number of rotatable bonds is 5. The smallest absolute Gasteiger partial charge is 0.0478 e. The summed E-state index contributed by atoms with van der Waals surface area (Å²) in [5, 5.41) is 3.75. The lowest BCUT2D eigenvalue weighted by Gasteiger charge is -2.51. The molecule has 1 saturated carbocycles. The van der Waals surface area contributed by atoms with Gasteiger partial charge in [-0.15, -0.1) is 0 Å². The summed E-state index contributed by atoms with van der Waals surface area (Å²) in [7, 11) is 0. The average Bonchev–Trinajstić information content (AvgIpc) is 2.79. The Morgan fingerprint density at radius 3 is 2.61 bits per heavy atom. The van der Waals surface area contributed by atoms with Crippen LogP contribution in [-0.2, 0) is 4.74 Å². The molecular formula is C15H30N2O. The van der Waals surface area contributed by atoms with Crippen molar-refractivity contribution in [2.75, 3.05) is 32.8 Å². The zero-order valence-electron chi connectivity index (χ0n) is 12.4. The van der Waals surface area contributed by atoms with E-state index < -0.39 is 0 Å². The SMILES string of the molecule is CCOCCCN1CC(C)(C)NCC12CCCC2. The van der Waals surface area contributed by atoms with Gasteiger partial charge in [0, 0.05) is 43.9 Å². The van der Waals surface area contributed by atoms with Crippen LogP contribution < -0.4 is 5.32 Å². The van der Waals surface area contributed by atoms with Crippen molar-refractivity contribution in [2.24, 2.45) is 0 Å². The Hall–Kier alpha value is -0.120. The molecule has 2 aliphatic rings. The average molecular weight is 254 g/mol. The number of ether oxygens (including phenoxy) is 1. The Kier molecular flexibility index (Phi) is 4.68. The summed E-state index contributed by atoms with van der Waals surface area (Å²) in [5.74, 6) is 0. The number of piperazine rings is 1. The molecule has 1 aliphatic heterocycles. The molecule has 1 N–H and O–H groups in total. The molecule has 0 radical (unpaired) electrons. The molecule has 3 nitrogen and oxygen atoms in total. The molecule has 106 valence electrons. The summed E-state index contributed by atoms with van der Waals surface area (Å²) in [4.78, 5) is 2.76. The van der Waals surface area contributed by atoms with Gasteiger partial charge in [-0.2, -0.15) is 0 Å². The molecule has 18 heavy (non-hydrogen) atoms. The lowest BCUT2D eigenvalue weighted by atomic mass is 9.87. The molecule has 2 rings (SSSR count). The first kappa shape index (κ1) is 14.3. The highest BCUT2D eigenvalue weighted by atomic mass is 16.5. The third-order valence-corrected chi connectivity index (χ3v) is 4.61. The number of hydrogen-bond donors (Lipinski definition) is 1. The zero-order chi connectivity index (χ0) is 13.1. The summed E-state index contributed by atoms with van der Waals surface area (Å²) in [5.41, 5.74) is 0.723. The quantitative estimate of drug-likeness (QED) is 0.763. The Balaban J connectivity index is 1.92. The lowest BCUT2D eigenvalue weighted by molar-refractivity contribution is 0.0114. The second kappa shape index (κ2) is 5.89. The van der Waals surface area contributed by atoms with Gasteiger partial charge in [0.05, 0.1) is 0 Å². The van der Waals surface area contributed by atoms with E-state index in [2.05, 4.69) is 31.0 Å².